The minimum absolute atomic E-state index is 0.0583. The van der Waals surface area contributed by atoms with E-state index >= 15 is 0 Å². The van der Waals surface area contributed by atoms with Gasteiger partial charge in [0.2, 0.25) is 0 Å². The van der Waals surface area contributed by atoms with Crippen LogP contribution in [0.25, 0.3) is 0 Å². The maximum atomic E-state index is 12.1. The van der Waals surface area contributed by atoms with Crippen LogP contribution in [0.4, 0.5) is 0 Å². The third-order valence-electron chi connectivity index (χ3n) is 9.44. The first-order valence-electron chi connectivity index (χ1n) is 20.0. The molecule has 0 rings (SSSR count). The summed E-state index contributed by atoms with van der Waals surface area (Å²) in [6.45, 7) is 6.50. The molecule has 0 aromatic rings. The van der Waals surface area contributed by atoms with Crippen LogP contribution in [-0.2, 0) is 19.1 Å². The van der Waals surface area contributed by atoms with Gasteiger partial charge in [0.05, 0.1) is 6.61 Å². The minimum atomic E-state index is -0.762. The van der Waals surface area contributed by atoms with Crippen LogP contribution < -0.4 is 0 Å². The van der Waals surface area contributed by atoms with Gasteiger partial charge in [0.15, 0.2) is 6.10 Å². The van der Waals surface area contributed by atoms with Crippen LogP contribution in [0.3, 0.4) is 0 Å². The number of carbonyl (C=O) groups is 2. The predicted octanol–water partition coefficient (Wildman–Crippen LogP) is 12.2. The predicted molar refractivity (Wildman–Crippen MR) is 192 cm³/mol. The number of hydrogen-bond donors (Lipinski definition) is 1. The average molecular weight is 639 g/mol. The molecular formula is C40H78O5. The zero-order chi connectivity index (χ0) is 33.1. The lowest BCUT2D eigenvalue weighted by molar-refractivity contribution is -0.161. The molecule has 0 amide bonds. The SMILES string of the molecule is CCCCCCCCCCCCCCCCCCCCCC(=O)OC[C@H](CO)OC(=O)CCCCCCCCCCC(C)CC. The Labute approximate surface area is 280 Å². The van der Waals surface area contributed by atoms with Crippen LogP contribution in [0.15, 0.2) is 0 Å². The highest BCUT2D eigenvalue weighted by molar-refractivity contribution is 5.70. The zero-order valence-corrected chi connectivity index (χ0v) is 30.6. The Hall–Kier alpha value is -1.10. The number of carbonyl (C=O) groups excluding carboxylic acids is 2. The van der Waals surface area contributed by atoms with Gasteiger partial charge in [0, 0.05) is 12.8 Å². The number of unbranched alkanes of at least 4 members (excludes halogenated alkanes) is 25. The molecule has 0 radical (unpaired) electrons. The van der Waals surface area contributed by atoms with Gasteiger partial charge in [-0.15, -0.1) is 0 Å². The van der Waals surface area contributed by atoms with E-state index in [0.717, 1.165) is 38.0 Å². The van der Waals surface area contributed by atoms with Gasteiger partial charge in [-0.05, 0) is 18.8 Å². The highest BCUT2D eigenvalue weighted by atomic mass is 16.6. The monoisotopic (exact) mass is 639 g/mol. The summed E-state index contributed by atoms with van der Waals surface area (Å²) in [5.41, 5.74) is 0. The molecule has 5 nitrogen and oxygen atoms in total. The maximum absolute atomic E-state index is 12.1. The summed E-state index contributed by atoms with van der Waals surface area (Å²) in [7, 11) is 0. The van der Waals surface area contributed by atoms with Gasteiger partial charge in [-0.25, -0.2) is 0 Å². The van der Waals surface area contributed by atoms with Gasteiger partial charge in [-0.2, -0.15) is 0 Å². The molecule has 0 aromatic heterocycles. The normalized spacial score (nSPS) is 12.7. The van der Waals surface area contributed by atoms with E-state index in [-0.39, 0.29) is 25.2 Å². The third kappa shape index (κ3) is 34.1. The van der Waals surface area contributed by atoms with Gasteiger partial charge in [0.1, 0.15) is 6.61 Å². The summed E-state index contributed by atoms with van der Waals surface area (Å²) in [6, 6.07) is 0. The van der Waals surface area contributed by atoms with E-state index in [0.29, 0.717) is 12.8 Å². The third-order valence-corrected chi connectivity index (χ3v) is 9.44. The van der Waals surface area contributed by atoms with Crippen molar-refractivity contribution >= 4 is 11.9 Å². The molecule has 0 aliphatic heterocycles. The summed E-state index contributed by atoms with van der Waals surface area (Å²) >= 11 is 0. The van der Waals surface area contributed by atoms with Crippen molar-refractivity contribution in [2.75, 3.05) is 13.2 Å². The van der Waals surface area contributed by atoms with Crippen LogP contribution >= 0.6 is 0 Å². The molecular weight excluding hydrogens is 560 g/mol. The molecule has 0 aromatic carbocycles. The van der Waals surface area contributed by atoms with Gasteiger partial charge in [0.25, 0.3) is 0 Å². The van der Waals surface area contributed by atoms with Crippen molar-refractivity contribution in [2.45, 2.75) is 226 Å². The second kappa shape index (κ2) is 35.7. The van der Waals surface area contributed by atoms with E-state index < -0.39 is 6.10 Å². The van der Waals surface area contributed by atoms with Crippen LogP contribution in [0.1, 0.15) is 220 Å². The molecule has 45 heavy (non-hydrogen) atoms. The average Bonchev–Trinajstić information content (AvgIpc) is 3.04. The molecule has 2 atom stereocenters. The molecule has 0 aliphatic carbocycles. The summed E-state index contributed by atoms with van der Waals surface area (Å²) in [6.07, 6.45) is 37.4. The quantitative estimate of drug-likeness (QED) is 0.0546. The maximum Gasteiger partial charge on any atom is 0.306 e. The Morgan fingerprint density at radius 2 is 0.867 bits per heavy atom. The number of aliphatic hydroxyl groups is 1. The lowest BCUT2D eigenvalue weighted by Gasteiger charge is -2.15. The molecule has 0 saturated heterocycles. The first-order chi connectivity index (χ1) is 22.0. The Bertz CT molecular complexity index is 622. The molecule has 0 heterocycles. The largest absolute Gasteiger partial charge is 0.462 e. The van der Waals surface area contributed by atoms with Crippen LogP contribution in [0, 0.1) is 5.92 Å². The van der Waals surface area contributed by atoms with Crippen molar-refractivity contribution in [1.29, 1.82) is 0 Å². The van der Waals surface area contributed by atoms with E-state index in [2.05, 4.69) is 20.8 Å². The van der Waals surface area contributed by atoms with E-state index in [1.54, 1.807) is 0 Å². The van der Waals surface area contributed by atoms with Gasteiger partial charge >= 0.3 is 11.9 Å². The first-order valence-corrected chi connectivity index (χ1v) is 20.0. The van der Waals surface area contributed by atoms with Crippen molar-refractivity contribution in [3.05, 3.63) is 0 Å². The summed E-state index contributed by atoms with van der Waals surface area (Å²) < 4.78 is 10.6. The topological polar surface area (TPSA) is 72.8 Å². The Morgan fingerprint density at radius 3 is 1.24 bits per heavy atom. The summed E-state index contributed by atoms with van der Waals surface area (Å²) in [5.74, 6) is 0.278. The highest BCUT2D eigenvalue weighted by Crippen LogP contribution is 2.17. The van der Waals surface area contributed by atoms with Gasteiger partial charge < -0.3 is 14.6 Å². The first kappa shape index (κ1) is 43.9. The van der Waals surface area contributed by atoms with Crippen LogP contribution in [0.2, 0.25) is 0 Å². The Kier molecular flexibility index (Phi) is 34.9. The fourth-order valence-corrected chi connectivity index (χ4v) is 6.00. The smallest absolute Gasteiger partial charge is 0.306 e. The van der Waals surface area contributed by atoms with E-state index in [4.69, 9.17) is 9.47 Å². The van der Waals surface area contributed by atoms with Crippen molar-refractivity contribution in [1.82, 2.24) is 0 Å². The van der Waals surface area contributed by atoms with Crippen LogP contribution in [-0.4, -0.2) is 36.4 Å². The standard InChI is InChI=1S/C40H78O5/c1-4-6-7-8-9-10-11-12-13-14-15-16-17-18-19-20-24-27-30-33-39(42)44-36-38(35-41)45-40(43)34-31-28-25-22-21-23-26-29-32-37(3)5-2/h37-38,41H,4-36H2,1-3H3/t37?,38-/m0/s1. The number of ether oxygens (including phenoxy) is 2. The second-order valence-corrected chi connectivity index (χ2v) is 14.0. The number of aliphatic hydroxyl groups excluding tert-OH is 1. The molecule has 0 bridgehead atoms. The highest BCUT2D eigenvalue weighted by Gasteiger charge is 2.16. The fourth-order valence-electron chi connectivity index (χ4n) is 6.00. The number of hydrogen-bond acceptors (Lipinski definition) is 5. The molecule has 1 N–H and O–H groups in total. The van der Waals surface area contributed by atoms with Crippen LogP contribution in [0.5, 0.6) is 0 Å². The van der Waals surface area contributed by atoms with Crippen molar-refractivity contribution < 1.29 is 24.2 Å². The lowest BCUT2D eigenvalue weighted by Crippen LogP contribution is -2.28. The van der Waals surface area contributed by atoms with Gasteiger partial charge in [-0.3, -0.25) is 9.59 Å². The lowest BCUT2D eigenvalue weighted by atomic mass is 9.99. The molecule has 0 spiro atoms. The molecule has 0 fully saturated rings. The molecule has 0 aliphatic rings. The van der Waals surface area contributed by atoms with E-state index in [1.165, 1.54) is 154 Å². The van der Waals surface area contributed by atoms with Gasteiger partial charge in [-0.1, -0.05) is 194 Å². The minimum Gasteiger partial charge on any atom is -0.462 e. The summed E-state index contributed by atoms with van der Waals surface area (Å²) in [5, 5.41) is 9.54. The Balaban J connectivity index is 3.48. The molecule has 1 unspecified atom stereocenters. The van der Waals surface area contributed by atoms with Crippen molar-refractivity contribution in [3.63, 3.8) is 0 Å². The molecule has 5 heteroatoms. The fraction of sp³-hybridized carbons (Fsp3) is 0.950. The summed E-state index contributed by atoms with van der Waals surface area (Å²) in [4.78, 5) is 24.2. The van der Waals surface area contributed by atoms with Crippen molar-refractivity contribution in [3.8, 4) is 0 Å². The Morgan fingerprint density at radius 1 is 0.511 bits per heavy atom. The van der Waals surface area contributed by atoms with E-state index in [9.17, 15) is 14.7 Å². The molecule has 268 valence electrons. The van der Waals surface area contributed by atoms with E-state index in [1.807, 2.05) is 0 Å². The zero-order valence-electron chi connectivity index (χ0n) is 30.6. The number of rotatable bonds is 36. The second-order valence-electron chi connectivity index (χ2n) is 14.0. The number of esters is 2. The van der Waals surface area contributed by atoms with Crippen molar-refractivity contribution in [2.24, 2.45) is 5.92 Å². The molecule has 0 saturated carbocycles.